The predicted octanol–water partition coefficient (Wildman–Crippen LogP) is 2.46. The molecule has 0 atom stereocenters. The van der Waals surface area contributed by atoms with E-state index in [9.17, 15) is 9.59 Å². The molecule has 1 fully saturated rings. The van der Waals surface area contributed by atoms with Gasteiger partial charge in [-0.1, -0.05) is 23.4 Å². The number of pyridine rings is 1. The summed E-state index contributed by atoms with van der Waals surface area (Å²) in [6, 6.07) is 11.1. The summed E-state index contributed by atoms with van der Waals surface area (Å²) in [5.74, 6) is 0.754. The summed E-state index contributed by atoms with van der Waals surface area (Å²) >= 11 is 0. The van der Waals surface area contributed by atoms with E-state index < -0.39 is 0 Å². The van der Waals surface area contributed by atoms with Crippen molar-refractivity contribution in [2.75, 3.05) is 19.6 Å². The smallest absolute Gasteiger partial charge is 0.270 e. The van der Waals surface area contributed by atoms with E-state index >= 15 is 0 Å². The number of nitrogens with zero attached hydrogens (tertiary/aromatic N) is 6. The van der Waals surface area contributed by atoms with Gasteiger partial charge in [0, 0.05) is 43.2 Å². The van der Waals surface area contributed by atoms with Crippen molar-refractivity contribution in [1.82, 2.24) is 35.1 Å². The van der Waals surface area contributed by atoms with Crippen molar-refractivity contribution in [2.45, 2.75) is 25.7 Å². The number of fused-ring (bicyclic) bond motifs is 1. The fraction of sp³-hybridized carbons (Fsp3) is 0.333. The zero-order valence-electron chi connectivity index (χ0n) is 19.1. The number of rotatable bonds is 5. The van der Waals surface area contributed by atoms with E-state index in [2.05, 4.69) is 25.5 Å². The molecular weight excluding hydrogens is 434 g/mol. The molecule has 1 aliphatic heterocycles. The predicted molar refractivity (Wildman–Crippen MR) is 124 cm³/mol. The number of carbonyl (C=O) groups is 2. The molecule has 10 heteroatoms. The first-order valence-corrected chi connectivity index (χ1v) is 11.2. The van der Waals surface area contributed by atoms with Gasteiger partial charge in [-0.2, -0.15) is 10.1 Å². The Morgan fingerprint density at radius 1 is 1.18 bits per heavy atom. The van der Waals surface area contributed by atoms with Crippen LogP contribution < -0.4 is 5.32 Å². The highest BCUT2D eigenvalue weighted by molar-refractivity contribution is 5.94. The topological polar surface area (TPSA) is 119 Å². The number of benzene rings is 1. The highest BCUT2D eigenvalue weighted by Gasteiger charge is 2.28. The molecule has 0 radical (unpaired) electrons. The highest BCUT2D eigenvalue weighted by atomic mass is 16.5. The van der Waals surface area contributed by atoms with E-state index in [0.717, 1.165) is 35.0 Å². The zero-order chi connectivity index (χ0) is 23.7. The number of nitrogens with one attached hydrogen (secondary N) is 1. The van der Waals surface area contributed by atoms with Gasteiger partial charge in [-0.3, -0.25) is 19.3 Å². The van der Waals surface area contributed by atoms with Gasteiger partial charge in [-0.25, -0.2) is 0 Å². The summed E-state index contributed by atoms with van der Waals surface area (Å²) < 4.78 is 7.43. The fourth-order valence-corrected chi connectivity index (χ4v) is 4.33. The van der Waals surface area contributed by atoms with Crippen LogP contribution in [0, 0.1) is 6.92 Å². The lowest BCUT2D eigenvalue weighted by molar-refractivity contribution is -0.131. The van der Waals surface area contributed by atoms with Gasteiger partial charge in [0.05, 0.1) is 17.8 Å². The Morgan fingerprint density at radius 2 is 2.00 bits per heavy atom. The lowest BCUT2D eigenvalue weighted by Crippen LogP contribution is -2.43. The Morgan fingerprint density at radius 3 is 2.76 bits per heavy atom. The number of hydrogen-bond acceptors (Lipinski definition) is 7. The molecule has 34 heavy (non-hydrogen) atoms. The minimum atomic E-state index is -0.360. The number of aryl methyl sites for hydroxylation is 2. The third-order valence-corrected chi connectivity index (χ3v) is 6.23. The maximum Gasteiger partial charge on any atom is 0.270 e. The summed E-state index contributed by atoms with van der Waals surface area (Å²) in [7, 11) is 1.92. The largest absolute Gasteiger partial charge is 0.342 e. The molecule has 4 aromatic rings. The normalized spacial score (nSPS) is 14.5. The van der Waals surface area contributed by atoms with Crippen LogP contribution in [0.4, 0.5) is 0 Å². The van der Waals surface area contributed by atoms with Gasteiger partial charge >= 0.3 is 0 Å². The summed E-state index contributed by atoms with van der Waals surface area (Å²) in [5.41, 5.74) is 3.17. The van der Waals surface area contributed by atoms with Crippen LogP contribution in [-0.2, 0) is 11.8 Å². The Bertz CT molecular complexity index is 1340. The molecule has 2 amide bonds. The highest BCUT2D eigenvalue weighted by Crippen LogP contribution is 2.30. The molecule has 0 aliphatic carbocycles. The van der Waals surface area contributed by atoms with Crippen LogP contribution in [0.15, 0.2) is 47.1 Å². The molecule has 1 aliphatic rings. The molecule has 10 nitrogen and oxygen atoms in total. The van der Waals surface area contributed by atoms with Crippen molar-refractivity contribution >= 4 is 22.7 Å². The summed E-state index contributed by atoms with van der Waals surface area (Å²) in [5, 5.41) is 12.4. The van der Waals surface area contributed by atoms with Crippen LogP contribution in [0.3, 0.4) is 0 Å². The summed E-state index contributed by atoms with van der Waals surface area (Å²) in [6.07, 6.45) is 2.99. The van der Waals surface area contributed by atoms with Gasteiger partial charge in [0.2, 0.25) is 17.6 Å². The first kappa shape index (κ1) is 21.7. The number of carbonyl (C=O) groups excluding carboxylic acids is 2. The van der Waals surface area contributed by atoms with Gasteiger partial charge in [0.25, 0.3) is 5.91 Å². The minimum Gasteiger partial charge on any atom is -0.342 e. The van der Waals surface area contributed by atoms with Gasteiger partial charge in [-0.15, -0.1) is 0 Å². The second kappa shape index (κ2) is 9.05. The van der Waals surface area contributed by atoms with Crippen molar-refractivity contribution in [3.63, 3.8) is 0 Å². The third-order valence-electron chi connectivity index (χ3n) is 6.23. The van der Waals surface area contributed by atoms with Crippen molar-refractivity contribution in [1.29, 1.82) is 0 Å². The van der Waals surface area contributed by atoms with Crippen LogP contribution in [-0.4, -0.2) is 61.3 Å². The number of likely N-dealkylation sites (tertiary alicyclic amines) is 1. The lowest BCUT2D eigenvalue weighted by Gasteiger charge is -2.30. The molecule has 1 N–H and O–H groups in total. The summed E-state index contributed by atoms with van der Waals surface area (Å²) in [6.45, 7) is 3.07. The lowest BCUT2D eigenvalue weighted by atomic mass is 9.96. The SMILES string of the molecule is Cc1nn(C)c2cc(-c3noc(C4CCN(C(=O)CNC(=O)c5ccccn5)CC4)n3)ccc12. The Labute approximate surface area is 196 Å². The van der Waals surface area contributed by atoms with E-state index in [4.69, 9.17) is 4.52 Å². The van der Waals surface area contributed by atoms with Crippen molar-refractivity contribution in [2.24, 2.45) is 7.05 Å². The molecule has 4 heterocycles. The Balaban J connectivity index is 1.17. The molecule has 174 valence electrons. The molecule has 1 aromatic carbocycles. The molecule has 1 saturated heterocycles. The molecule has 3 aromatic heterocycles. The Hall–Kier alpha value is -4.08. The van der Waals surface area contributed by atoms with E-state index in [1.807, 2.05) is 36.9 Å². The van der Waals surface area contributed by atoms with Crippen molar-refractivity contribution in [3.8, 4) is 11.4 Å². The molecule has 0 saturated carbocycles. The van der Waals surface area contributed by atoms with Gasteiger partial charge in [-0.05, 0) is 38.0 Å². The first-order chi connectivity index (χ1) is 16.5. The third kappa shape index (κ3) is 4.26. The minimum absolute atomic E-state index is 0.0548. The van der Waals surface area contributed by atoms with Crippen molar-refractivity contribution in [3.05, 3.63) is 59.9 Å². The molecule has 0 bridgehead atoms. The molecule has 0 spiro atoms. The van der Waals surface area contributed by atoms with Crippen molar-refractivity contribution < 1.29 is 14.1 Å². The average molecular weight is 460 g/mol. The summed E-state index contributed by atoms with van der Waals surface area (Å²) in [4.78, 5) is 35.0. The maximum absolute atomic E-state index is 12.5. The van der Waals surface area contributed by atoms with E-state index in [0.29, 0.717) is 30.5 Å². The molecule has 0 unspecified atom stereocenters. The van der Waals surface area contributed by atoms with Gasteiger partial charge in [0.1, 0.15) is 5.69 Å². The van der Waals surface area contributed by atoms with Crippen LogP contribution in [0.5, 0.6) is 0 Å². The van der Waals surface area contributed by atoms with Crippen LogP contribution in [0.2, 0.25) is 0 Å². The first-order valence-electron chi connectivity index (χ1n) is 11.2. The van der Waals surface area contributed by atoms with Gasteiger partial charge < -0.3 is 14.7 Å². The van der Waals surface area contributed by atoms with E-state index in [-0.39, 0.29) is 24.3 Å². The monoisotopic (exact) mass is 459 g/mol. The fourth-order valence-electron chi connectivity index (χ4n) is 4.33. The second-order valence-electron chi connectivity index (χ2n) is 8.45. The molecule has 5 rings (SSSR count). The second-order valence-corrected chi connectivity index (χ2v) is 8.45. The number of aromatic nitrogens is 5. The number of piperidine rings is 1. The van der Waals surface area contributed by atoms with Gasteiger partial charge in [0.15, 0.2) is 0 Å². The van der Waals surface area contributed by atoms with Crippen LogP contribution >= 0.6 is 0 Å². The van der Waals surface area contributed by atoms with Crippen LogP contribution in [0.25, 0.3) is 22.3 Å². The zero-order valence-corrected chi connectivity index (χ0v) is 19.1. The van der Waals surface area contributed by atoms with E-state index in [1.54, 1.807) is 29.3 Å². The molecular formula is C24H25N7O3. The maximum atomic E-state index is 12.5. The van der Waals surface area contributed by atoms with Crippen LogP contribution in [0.1, 0.15) is 40.8 Å². The van der Waals surface area contributed by atoms with E-state index in [1.165, 1.54) is 0 Å². The quantitative estimate of drug-likeness (QED) is 0.487. The average Bonchev–Trinajstić information content (AvgIpc) is 3.47. The standard InChI is InChI=1S/C24H25N7O3/c1-15-18-7-6-17(13-20(18)30(2)28-15)22-27-24(34-29-22)16-8-11-31(12-9-16)21(32)14-26-23(33)19-5-3-4-10-25-19/h3-7,10,13,16H,8-9,11-12,14H2,1-2H3,(H,26,33). The number of amides is 2. The number of hydrogen-bond donors (Lipinski definition) is 1. The Kier molecular flexibility index (Phi) is 5.79.